The average Bonchev–Trinajstić information content (AvgIpc) is 2.30. The van der Waals surface area contributed by atoms with Gasteiger partial charge in [0, 0.05) is 17.3 Å². The monoisotopic (exact) mass is 282 g/mol. The molecule has 0 heterocycles. The third kappa shape index (κ3) is 3.16. The number of hydrogen-bond donors (Lipinski definition) is 0. The van der Waals surface area contributed by atoms with Crippen molar-refractivity contribution in [2.45, 2.75) is 38.4 Å². The van der Waals surface area contributed by atoms with E-state index in [4.69, 9.17) is 4.74 Å². The summed E-state index contributed by atoms with van der Waals surface area (Å²) in [6, 6.07) is 8.07. The van der Waals surface area contributed by atoms with Crippen molar-refractivity contribution in [3.05, 3.63) is 34.3 Å². The molecule has 1 aromatic rings. The van der Waals surface area contributed by atoms with Crippen molar-refractivity contribution in [3.63, 3.8) is 0 Å². The van der Waals surface area contributed by atoms with Crippen LogP contribution in [0.15, 0.2) is 28.7 Å². The van der Waals surface area contributed by atoms with Gasteiger partial charge in [0.2, 0.25) is 0 Å². The van der Waals surface area contributed by atoms with Crippen LogP contribution in [0.1, 0.15) is 31.2 Å². The van der Waals surface area contributed by atoms with E-state index in [1.807, 2.05) is 18.2 Å². The van der Waals surface area contributed by atoms with Crippen LogP contribution in [-0.4, -0.2) is 11.9 Å². The van der Waals surface area contributed by atoms with Crippen molar-refractivity contribution in [1.82, 2.24) is 0 Å². The predicted octanol–water partition coefficient (Wildman–Crippen LogP) is 3.48. The van der Waals surface area contributed by atoms with Crippen LogP contribution in [0, 0.1) is 0 Å². The fraction of sp³-hybridized carbons (Fsp3) is 0.462. The maximum absolute atomic E-state index is 11.1. The number of hydrogen-bond acceptors (Lipinski definition) is 2. The van der Waals surface area contributed by atoms with Crippen molar-refractivity contribution in [1.29, 1.82) is 0 Å². The molecule has 0 saturated heterocycles. The highest BCUT2D eigenvalue weighted by Gasteiger charge is 2.19. The molecule has 1 saturated carbocycles. The minimum absolute atomic E-state index is 0.254. The van der Waals surface area contributed by atoms with E-state index in [2.05, 4.69) is 22.0 Å². The number of carbonyl (C=O) groups is 1. The van der Waals surface area contributed by atoms with Gasteiger partial charge >= 0.3 is 0 Å². The SMILES string of the molecule is O=C1CCC(OCc2ccccc2Br)CC1. The number of carbonyl (C=O) groups excluding carboxylic acids is 1. The highest BCUT2D eigenvalue weighted by atomic mass is 79.9. The van der Waals surface area contributed by atoms with Gasteiger partial charge in [0.15, 0.2) is 0 Å². The van der Waals surface area contributed by atoms with E-state index in [1.54, 1.807) is 0 Å². The number of rotatable bonds is 3. The Morgan fingerprint density at radius 1 is 1.25 bits per heavy atom. The standard InChI is InChI=1S/C13H15BrO2/c14-13-4-2-1-3-10(13)9-16-12-7-5-11(15)6-8-12/h1-4,12H,5-9H2. The molecule has 0 aromatic heterocycles. The van der Waals surface area contributed by atoms with Gasteiger partial charge in [-0.15, -0.1) is 0 Å². The second-order valence-electron chi connectivity index (χ2n) is 4.14. The number of halogens is 1. The van der Waals surface area contributed by atoms with E-state index in [1.165, 1.54) is 5.56 Å². The van der Waals surface area contributed by atoms with E-state index in [-0.39, 0.29) is 6.10 Å². The van der Waals surface area contributed by atoms with Gasteiger partial charge in [-0.25, -0.2) is 0 Å². The lowest BCUT2D eigenvalue weighted by molar-refractivity contribution is -0.123. The van der Waals surface area contributed by atoms with Crippen LogP contribution < -0.4 is 0 Å². The van der Waals surface area contributed by atoms with Gasteiger partial charge in [-0.05, 0) is 24.5 Å². The third-order valence-electron chi connectivity index (χ3n) is 2.92. The molecule has 0 radical (unpaired) electrons. The minimum atomic E-state index is 0.254. The molecule has 2 nitrogen and oxygen atoms in total. The van der Waals surface area contributed by atoms with Crippen LogP contribution in [0.5, 0.6) is 0 Å². The summed E-state index contributed by atoms with van der Waals surface area (Å²) in [6.45, 7) is 0.625. The molecule has 16 heavy (non-hydrogen) atoms. The molecule has 2 rings (SSSR count). The maximum Gasteiger partial charge on any atom is 0.133 e. The van der Waals surface area contributed by atoms with Crippen LogP contribution in [0.3, 0.4) is 0 Å². The number of benzene rings is 1. The zero-order valence-corrected chi connectivity index (χ0v) is 10.7. The predicted molar refractivity (Wildman–Crippen MR) is 66.2 cm³/mol. The Labute approximate surface area is 104 Å². The molecule has 0 bridgehead atoms. The Morgan fingerprint density at radius 3 is 2.62 bits per heavy atom. The molecule has 86 valence electrons. The first-order valence-corrected chi connectivity index (χ1v) is 6.41. The van der Waals surface area contributed by atoms with Crippen LogP contribution >= 0.6 is 15.9 Å². The van der Waals surface area contributed by atoms with Crippen LogP contribution in [0.25, 0.3) is 0 Å². The Kier molecular flexibility index (Phi) is 4.13. The van der Waals surface area contributed by atoms with Crippen LogP contribution in [-0.2, 0) is 16.1 Å². The second kappa shape index (κ2) is 5.60. The summed E-state index contributed by atoms with van der Waals surface area (Å²) in [5.74, 6) is 0.376. The van der Waals surface area contributed by atoms with Crippen LogP contribution in [0.2, 0.25) is 0 Å². The van der Waals surface area contributed by atoms with Gasteiger partial charge in [-0.1, -0.05) is 34.1 Å². The molecule has 1 aliphatic rings. The number of Topliss-reactive ketones (excluding diaryl/α,β-unsaturated/α-hetero) is 1. The number of ether oxygens (including phenoxy) is 1. The highest BCUT2D eigenvalue weighted by molar-refractivity contribution is 9.10. The maximum atomic E-state index is 11.1. The van der Waals surface area contributed by atoms with Crippen molar-refractivity contribution < 1.29 is 9.53 Å². The van der Waals surface area contributed by atoms with E-state index >= 15 is 0 Å². The van der Waals surface area contributed by atoms with E-state index < -0.39 is 0 Å². The van der Waals surface area contributed by atoms with Gasteiger partial charge in [-0.3, -0.25) is 4.79 Å². The van der Waals surface area contributed by atoms with Crippen molar-refractivity contribution >= 4 is 21.7 Å². The zero-order valence-electron chi connectivity index (χ0n) is 9.12. The molecule has 1 fully saturated rings. The largest absolute Gasteiger partial charge is 0.373 e. The molecular formula is C13H15BrO2. The molecule has 0 atom stereocenters. The quantitative estimate of drug-likeness (QED) is 0.849. The molecule has 0 unspecified atom stereocenters. The lowest BCUT2D eigenvalue weighted by Crippen LogP contribution is -2.21. The van der Waals surface area contributed by atoms with E-state index in [9.17, 15) is 4.79 Å². The van der Waals surface area contributed by atoms with Gasteiger partial charge < -0.3 is 4.74 Å². The minimum Gasteiger partial charge on any atom is -0.373 e. The topological polar surface area (TPSA) is 26.3 Å². The lowest BCUT2D eigenvalue weighted by Gasteiger charge is -2.21. The molecule has 0 spiro atoms. The normalized spacial score (nSPS) is 17.7. The Balaban J connectivity index is 1.84. The smallest absolute Gasteiger partial charge is 0.133 e. The molecule has 1 aliphatic carbocycles. The van der Waals surface area contributed by atoms with E-state index in [0.717, 1.165) is 17.3 Å². The number of ketones is 1. The van der Waals surface area contributed by atoms with Gasteiger partial charge in [0.05, 0.1) is 12.7 Å². The van der Waals surface area contributed by atoms with Crippen molar-refractivity contribution in [3.8, 4) is 0 Å². The second-order valence-corrected chi connectivity index (χ2v) is 4.99. The third-order valence-corrected chi connectivity index (χ3v) is 3.70. The summed E-state index contributed by atoms with van der Waals surface area (Å²) in [5, 5.41) is 0. The van der Waals surface area contributed by atoms with Crippen LogP contribution in [0.4, 0.5) is 0 Å². The lowest BCUT2D eigenvalue weighted by atomic mass is 9.96. The summed E-state index contributed by atoms with van der Waals surface area (Å²) < 4.78 is 6.90. The molecule has 0 N–H and O–H groups in total. The summed E-state index contributed by atoms with van der Waals surface area (Å²) >= 11 is 3.50. The Bertz CT molecular complexity index is 366. The highest BCUT2D eigenvalue weighted by Crippen LogP contribution is 2.22. The Hall–Kier alpha value is -0.670. The van der Waals surface area contributed by atoms with E-state index in [0.29, 0.717) is 25.2 Å². The van der Waals surface area contributed by atoms with Gasteiger partial charge in [0.1, 0.15) is 5.78 Å². The summed E-state index contributed by atoms with van der Waals surface area (Å²) in [5.41, 5.74) is 1.17. The molecule has 0 aliphatic heterocycles. The van der Waals surface area contributed by atoms with Crippen molar-refractivity contribution in [2.24, 2.45) is 0 Å². The van der Waals surface area contributed by atoms with Gasteiger partial charge in [-0.2, -0.15) is 0 Å². The van der Waals surface area contributed by atoms with Crippen molar-refractivity contribution in [2.75, 3.05) is 0 Å². The molecule has 3 heteroatoms. The summed E-state index contributed by atoms with van der Waals surface area (Å²) in [7, 11) is 0. The zero-order chi connectivity index (χ0) is 11.4. The molecule has 1 aromatic carbocycles. The fourth-order valence-electron chi connectivity index (χ4n) is 1.90. The summed E-state index contributed by atoms with van der Waals surface area (Å²) in [6.07, 6.45) is 3.37. The first-order valence-electron chi connectivity index (χ1n) is 5.62. The van der Waals surface area contributed by atoms with Gasteiger partial charge in [0.25, 0.3) is 0 Å². The average molecular weight is 283 g/mol. The summed E-state index contributed by atoms with van der Waals surface area (Å²) in [4.78, 5) is 11.1. The Morgan fingerprint density at radius 2 is 1.94 bits per heavy atom. The molecule has 0 amide bonds. The fourth-order valence-corrected chi connectivity index (χ4v) is 2.30. The first kappa shape index (κ1) is 11.8. The first-order chi connectivity index (χ1) is 7.75. The molecular weight excluding hydrogens is 268 g/mol.